The van der Waals surface area contributed by atoms with Gasteiger partial charge in [0.25, 0.3) is 0 Å². The molecule has 0 aromatic heterocycles. The van der Waals surface area contributed by atoms with Crippen molar-refractivity contribution in [3.8, 4) is 0 Å². The fourth-order valence-corrected chi connectivity index (χ4v) is 5.37. The smallest absolute Gasteiger partial charge is 0.870 e. The van der Waals surface area contributed by atoms with Gasteiger partial charge in [-0.2, -0.15) is 26.3 Å². The van der Waals surface area contributed by atoms with E-state index in [0.29, 0.717) is 36.3 Å². The fraction of sp³-hybridized carbons (Fsp3) is 1.00. The molecule has 0 aliphatic heterocycles. The molecule has 2 radical (unpaired) electrons. The quantitative estimate of drug-likeness (QED) is 0.0711. The standard InChI is InChI=1S/2C12H27N3.2CHF3O3S.2Cu.2H2O/c2*1-4-13-10-7-11(14-5-2)9-12(8-10)15-6-3;2*2-1(3,4)8(5,6)7;;;;/h2*10-15H,4-9H2,1-3H3;2*(H,5,6,7);;;2*1H2/q;;;;2*+2;;/p-4. The summed E-state index contributed by atoms with van der Waals surface area (Å²) >= 11 is 0. The van der Waals surface area contributed by atoms with E-state index in [1.54, 1.807) is 0 Å². The molecule has 0 aromatic rings. The van der Waals surface area contributed by atoms with Crippen molar-refractivity contribution in [2.24, 2.45) is 0 Å². The van der Waals surface area contributed by atoms with Crippen LogP contribution in [0.3, 0.4) is 0 Å². The number of rotatable bonds is 12. The Hall–Kier alpha value is 0.119. The van der Waals surface area contributed by atoms with E-state index in [9.17, 15) is 26.3 Å². The average molecular weight is 886 g/mol. The zero-order valence-electron chi connectivity index (χ0n) is 29.0. The van der Waals surface area contributed by atoms with Gasteiger partial charge in [0, 0.05) is 36.3 Å². The summed E-state index contributed by atoms with van der Waals surface area (Å²) in [7, 11) is -12.2. The summed E-state index contributed by atoms with van der Waals surface area (Å²) in [5.74, 6) is 0. The number of alkyl halides is 6. The Morgan fingerprint density at radius 1 is 0.440 bits per heavy atom. The second-order valence-corrected chi connectivity index (χ2v) is 13.5. The first-order chi connectivity index (χ1) is 21.1. The number of halogens is 6. The summed E-state index contributed by atoms with van der Waals surface area (Å²) in [6, 6.07) is 4.15. The van der Waals surface area contributed by atoms with Crippen LogP contribution in [-0.2, 0) is 54.4 Å². The zero-order valence-corrected chi connectivity index (χ0v) is 32.5. The van der Waals surface area contributed by atoms with Crippen molar-refractivity contribution in [1.29, 1.82) is 0 Å². The van der Waals surface area contributed by atoms with E-state index < -0.39 is 31.3 Å². The number of nitrogens with one attached hydrogen (secondary N) is 6. The molecule has 8 N–H and O–H groups in total. The Bertz CT molecular complexity index is 863. The number of hydrogen-bond donors (Lipinski definition) is 6. The minimum atomic E-state index is -6.09. The van der Waals surface area contributed by atoms with Crippen LogP contribution in [0.4, 0.5) is 26.3 Å². The maximum atomic E-state index is 10.7. The van der Waals surface area contributed by atoms with Gasteiger partial charge in [-0.25, -0.2) is 16.8 Å². The molecule has 0 bridgehead atoms. The molecule has 2 rings (SSSR count). The zero-order chi connectivity index (χ0) is 36.2. The molecule has 2 fully saturated rings. The molecule has 0 spiro atoms. The third kappa shape index (κ3) is 29.6. The molecule has 2 aliphatic carbocycles. The van der Waals surface area contributed by atoms with Gasteiger partial charge in [-0.3, -0.25) is 0 Å². The van der Waals surface area contributed by atoms with Gasteiger partial charge < -0.3 is 52.0 Å². The predicted octanol–water partition coefficient (Wildman–Crippen LogP) is 1.95. The van der Waals surface area contributed by atoms with E-state index >= 15 is 0 Å². The van der Waals surface area contributed by atoms with Crippen LogP contribution < -0.4 is 31.9 Å². The van der Waals surface area contributed by atoms with Gasteiger partial charge in [-0.05, 0) is 77.8 Å². The normalized spacial score (nSPS) is 23.6. The van der Waals surface area contributed by atoms with Crippen molar-refractivity contribution in [2.75, 3.05) is 39.3 Å². The molecule has 314 valence electrons. The second kappa shape index (κ2) is 31.5. The maximum absolute atomic E-state index is 10.7. The summed E-state index contributed by atoms with van der Waals surface area (Å²) in [5.41, 5.74) is -11.3. The molecule has 0 saturated heterocycles. The Kier molecular flexibility index (Phi) is 39.1. The van der Waals surface area contributed by atoms with Gasteiger partial charge in [-0.15, -0.1) is 0 Å². The molecule has 0 unspecified atom stereocenters. The van der Waals surface area contributed by atoms with E-state index in [2.05, 4.69) is 73.4 Å². The first-order valence-electron chi connectivity index (χ1n) is 15.5. The van der Waals surface area contributed by atoms with Gasteiger partial charge in [0.1, 0.15) is 0 Å². The van der Waals surface area contributed by atoms with Crippen molar-refractivity contribution in [3.05, 3.63) is 0 Å². The molecule has 2 aliphatic rings. The minimum Gasteiger partial charge on any atom is -0.870 e. The SMILES string of the molecule is CCNC1CC(NCC)CC(NCC)C1.CCNC1CC(NCC)CC(NCC)C1.O=S(=O)([O-])C(F)(F)F.O=S(=O)([O-])C(F)(F)F.[Cu+2].[Cu+2].[OH-].[OH-]. The third-order valence-corrected chi connectivity index (χ3v) is 8.07. The molecule has 14 nitrogen and oxygen atoms in total. The molecule has 0 aromatic carbocycles. The van der Waals surface area contributed by atoms with Crippen LogP contribution in [0.2, 0.25) is 0 Å². The van der Waals surface area contributed by atoms with Gasteiger partial charge in [0.05, 0.1) is 0 Å². The van der Waals surface area contributed by atoms with Crippen molar-refractivity contribution >= 4 is 20.2 Å². The van der Waals surface area contributed by atoms with Gasteiger partial charge in [-0.1, -0.05) is 41.5 Å². The average Bonchev–Trinajstić information content (AvgIpc) is 2.89. The van der Waals surface area contributed by atoms with Gasteiger partial charge in [0.15, 0.2) is 20.2 Å². The van der Waals surface area contributed by atoms with Crippen LogP contribution in [0.1, 0.15) is 80.1 Å². The summed E-state index contributed by atoms with van der Waals surface area (Å²) in [6.07, 6.45) is 7.69. The molecular formula is C26H56Cu2F6N6O8S2. The summed E-state index contributed by atoms with van der Waals surface area (Å²) in [5, 5.41) is 21.5. The van der Waals surface area contributed by atoms with E-state index in [0.717, 1.165) is 39.3 Å². The predicted molar refractivity (Wildman–Crippen MR) is 168 cm³/mol. The van der Waals surface area contributed by atoms with Crippen molar-refractivity contribution < 1.29 is 97.4 Å². The largest absolute Gasteiger partial charge is 2.00 e. The van der Waals surface area contributed by atoms with Crippen LogP contribution in [0.25, 0.3) is 0 Å². The Morgan fingerprint density at radius 3 is 0.600 bits per heavy atom. The van der Waals surface area contributed by atoms with Gasteiger partial charge >= 0.3 is 45.2 Å². The fourth-order valence-electron chi connectivity index (χ4n) is 5.37. The molecule has 50 heavy (non-hydrogen) atoms. The topological polar surface area (TPSA) is 247 Å². The Morgan fingerprint density at radius 2 is 0.540 bits per heavy atom. The van der Waals surface area contributed by atoms with Gasteiger partial charge in [0.2, 0.25) is 0 Å². The van der Waals surface area contributed by atoms with Crippen molar-refractivity contribution in [3.63, 3.8) is 0 Å². The van der Waals surface area contributed by atoms with Crippen molar-refractivity contribution in [1.82, 2.24) is 31.9 Å². The first-order valence-corrected chi connectivity index (χ1v) is 18.4. The van der Waals surface area contributed by atoms with E-state index in [-0.39, 0.29) is 45.1 Å². The third-order valence-electron chi connectivity index (χ3n) is 6.94. The summed E-state index contributed by atoms with van der Waals surface area (Å²) in [4.78, 5) is 0. The van der Waals surface area contributed by atoms with Crippen LogP contribution in [-0.4, -0.2) is 123 Å². The molecule has 0 atom stereocenters. The van der Waals surface area contributed by atoms with E-state index in [1.165, 1.54) is 38.5 Å². The summed E-state index contributed by atoms with van der Waals surface area (Å²) in [6.45, 7) is 19.7. The Balaban J connectivity index is -0.000000131. The van der Waals surface area contributed by atoms with Crippen LogP contribution in [0.15, 0.2) is 0 Å². The van der Waals surface area contributed by atoms with Crippen molar-refractivity contribution in [2.45, 2.75) is 127 Å². The van der Waals surface area contributed by atoms with Crippen LogP contribution in [0.5, 0.6) is 0 Å². The van der Waals surface area contributed by atoms with E-state index in [1.807, 2.05) is 0 Å². The first kappa shape index (κ1) is 62.1. The van der Waals surface area contributed by atoms with Crippen LogP contribution >= 0.6 is 0 Å². The van der Waals surface area contributed by atoms with E-state index in [4.69, 9.17) is 25.9 Å². The second-order valence-electron chi connectivity index (χ2n) is 10.7. The van der Waals surface area contributed by atoms with Crippen LogP contribution in [0, 0.1) is 0 Å². The molecule has 2 saturated carbocycles. The Labute approximate surface area is 315 Å². The monoisotopic (exact) mass is 884 g/mol. The molecular weight excluding hydrogens is 830 g/mol. The summed E-state index contributed by atoms with van der Waals surface area (Å²) < 4.78 is 118. The molecule has 24 heteroatoms. The molecule has 0 heterocycles. The molecule has 0 amide bonds. The number of hydrogen-bond acceptors (Lipinski definition) is 14. The minimum absolute atomic E-state index is 0. The maximum Gasteiger partial charge on any atom is 2.00 e.